The van der Waals surface area contributed by atoms with Gasteiger partial charge < -0.3 is 9.80 Å². The van der Waals surface area contributed by atoms with Gasteiger partial charge in [0.25, 0.3) is 5.91 Å². The zero-order valence-corrected chi connectivity index (χ0v) is 14.7. The SMILES string of the molecule is O=C(CCc1ccccc1)N1CCCN(C(=O)c2cccc(F)c2)CC1. The first-order chi connectivity index (χ1) is 12.6. The Morgan fingerprint density at radius 2 is 1.62 bits per heavy atom. The molecule has 4 nitrogen and oxygen atoms in total. The minimum Gasteiger partial charge on any atom is -0.341 e. The molecular formula is C21H23FN2O2. The van der Waals surface area contributed by atoms with Crippen LogP contribution in [0.3, 0.4) is 0 Å². The lowest BCUT2D eigenvalue weighted by molar-refractivity contribution is -0.131. The quantitative estimate of drug-likeness (QED) is 0.846. The van der Waals surface area contributed by atoms with Crippen LogP contribution in [0.2, 0.25) is 0 Å². The molecule has 0 bridgehead atoms. The molecule has 2 aromatic rings. The number of rotatable bonds is 4. The van der Waals surface area contributed by atoms with Crippen molar-refractivity contribution in [1.82, 2.24) is 9.80 Å². The lowest BCUT2D eigenvalue weighted by Crippen LogP contribution is -2.37. The average molecular weight is 354 g/mol. The van der Waals surface area contributed by atoms with Crippen molar-refractivity contribution < 1.29 is 14.0 Å². The van der Waals surface area contributed by atoms with Crippen LogP contribution < -0.4 is 0 Å². The highest BCUT2D eigenvalue weighted by atomic mass is 19.1. The second-order valence-electron chi connectivity index (χ2n) is 6.52. The minimum atomic E-state index is -0.414. The molecule has 136 valence electrons. The second kappa shape index (κ2) is 8.61. The fourth-order valence-corrected chi connectivity index (χ4v) is 3.23. The van der Waals surface area contributed by atoms with Gasteiger partial charge in [-0.25, -0.2) is 4.39 Å². The normalized spacial score (nSPS) is 14.8. The summed E-state index contributed by atoms with van der Waals surface area (Å²) >= 11 is 0. The van der Waals surface area contributed by atoms with E-state index in [1.54, 1.807) is 17.0 Å². The van der Waals surface area contributed by atoms with Gasteiger partial charge >= 0.3 is 0 Å². The highest BCUT2D eigenvalue weighted by Crippen LogP contribution is 2.12. The molecule has 1 aliphatic heterocycles. The van der Waals surface area contributed by atoms with E-state index >= 15 is 0 Å². The van der Waals surface area contributed by atoms with Gasteiger partial charge in [0.05, 0.1) is 0 Å². The summed E-state index contributed by atoms with van der Waals surface area (Å²) in [7, 11) is 0. The Hall–Kier alpha value is -2.69. The van der Waals surface area contributed by atoms with Gasteiger partial charge in [-0.15, -0.1) is 0 Å². The minimum absolute atomic E-state index is 0.119. The van der Waals surface area contributed by atoms with Crippen molar-refractivity contribution in [2.75, 3.05) is 26.2 Å². The molecule has 0 aromatic heterocycles. The van der Waals surface area contributed by atoms with Crippen molar-refractivity contribution in [2.24, 2.45) is 0 Å². The maximum Gasteiger partial charge on any atom is 0.254 e. The van der Waals surface area contributed by atoms with Crippen molar-refractivity contribution in [2.45, 2.75) is 19.3 Å². The molecule has 0 radical (unpaired) electrons. The molecule has 0 aliphatic carbocycles. The zero-order chi connectivity index (χ0) is 18.4. The van der Waals surface area contributed by atoms with E-state index in [9.17, 15) is 14.0 Å². The molecule has 2 aromatic carbocycles. The number of hydrogen-bond acceptors (Lipinski definition) is 2. The Morgan fingerprint density at radius 1 is 0.885 bits per heavy atom. The molecule has 1 saturated heterocycles. The summed E-state index contributed by atoms with van der Waals surface area (Å²) in [5.74, 6) is -0.472. The standard InChI is InChI=1S/C21H23FN2O2/c22-19-9-4-8-18(16-19)21(26)24-13-5-12-23(14-15-24)20(25)11-10-17-6-2-1-3-7-17/h1-4,6-9,16H,5,10-15H2. The third-order valence-electron chi connectivity index (χ3n) is 4.68. The highest BCUT2D eigenvalue weighted by molar-refractivity contribution is 5.94. The molecule has 0 unspecified atom stereocenters. The Morgan fingerprint density at radius 3 is 2.38 bits per heavy atom. The summed E-state index contributed by atoms with van der Waals surface area (Å²) in [5, 5.41) is 0. The molecule has 3 rings (SSSR count). The Labute approximate surface area is 153 Å². The number of amides is 2. The summed E-state index contributed by atoms with van der Waals surface area (Å²) in [6.45, 7) is 2.24. The number of hydrogen-bond donors (Lipinski definition) is 0. The summed E-state index contributed by atoms with van der Waals surface area (Å²) in [5.41, 5.74) is 1.51. The third-order valence-corrected chi connectivity index (χ3v) is 4.68. The van der Waals surface area contributed by atoms with E-state index in [2.05, 4.69) is 0 Å². The first kappa shape index (κ1) is 18.1. The van der Waals surface area contributed by atoms with Crippen LogP contribution in [0, 0.1) is 5.82 Å². The van der Waals surface area contributed by atoms with Crippen molar-refractivity contribution in [3.63, 3.8) is 0 Å². The van der Waals surface area contributed by atoms with E-state index in [1.165, 1.54) is 12.1 Å². The van der Waals surface area contributed by atoms with E-state index in [-0.39, 0.29) is 11.8 Å². The maximum absolute atomic E-state index is 13.3. The summed E-state index contributed by atoms with van der Waals surface area (Å²) in [6.07, 6.45) is 1.93. The summed E-state index contributed by atoms with van der Waals surface area (Å²) in [4.78, 5) is 28.6. The molecule has 5 heteroatoms. The average Bonchev–Trinajstić information content (AvgIpc) is 2.92. The smallest absolute Gasteiger partial charge is 0.254 e. The van der Waals surface area contributed by atoms with Crippen LogP contribution in [0.1, 0.15) is 28.8 Å². The van der Waals surface area contributed by atoms with Gasteiger partial charge in [0.1, 0.15) is 5.82 Å². The van der Waals surface area contributed by atoms with Gasteiger partial charge in [-0.2, -0.15) is 0 Å². The molecule has 1 fully saturated rings. The van der Waals surface area contributed by atoms with Crippen LogP contribution in [0.25, 0.3) is 0 Å². The number of carbonyl (C=O) groups excluding carboxylic acids is 2. The number of benzene rings is 2. The van der Waals surface area contributed by atoms with Crippen LogP contribution >= 0.6 is 0 Å². The highest BCUT2D eigenvalue weighted by Gasteiger charge is 2.22. The monoisotopic (exact) mass is 354 g/mol. The Balaban J connectivity index is 1.54. The number of halogens is 1. The Kier molecular flexibility index (Phi) is 6.00. The van der Waals surface area contributed by atoms with Gasteiger partial charge in [0.2, 0.25) is 5.91 Å². The van der Waals surface area contributed by atoms with E-state index < -0.39 is 5.82 Å². The molecular weight excluding hydrogens is 331 g/mol. The number of carbonyl (C=O) groups is 2. The van der Waals surface area contributed by atoms with Gasteiger partial charge in [0.15, 0.2) is 0 Å². The molecule has 2 amide bonds. The molecule has 0 spiro atoms. The van der Waals surface area contributed by atoms with Crippen molar-refractivity contribution in [3.8, 4) is 0 Å². The van der Waals surface area contributed by atoms with Crippen molar-refractivity contribution in [1.29, 1.82) is 0 Å². The van der Waals surface area contributed by atoms with E-state index in [4.69, 9.17) is 0 Å². The van der Waals surface area contributed by atoms with Gasteiger partial charge in [-0.05, 0) is 36.6 Å². The number of aryl methyl sites for hydroxylation is 1. The van der Waals surface area contributed by atoms with Gasteiger partial charge in [0, 0.05) is 38.2 Å². The summed E-state index contributed by atoms with van der Waals surface area (Å²) in [6, 6.07) is 15.7. The fraction of sp³-hybridized carbons (Fsp3) is 0.333. The zero-order valence-electron chi connectivity index (χ0n) is 14.7. The predicted octanol–water partition coefficient (Wildman–Crippen LogP) is 3.13. The lowest BCUT2D eigenvalue weighted by atomic mass is 10.1. The van der Waals surface area contributed by atoms with Gasteiger partial charge in [-0.1, -0.05) is 36.4 Å². The molecule has 0 N–H and O–H groups in total. The fourth-order valence-electron chi connectivity index (χ4n) is 3.23. The molecule has 1 aliphatic rings. The molecule has 0 atom stereocenters. The molecule has 1 heterocycles. The van der Waals surface area contributed by atoms with Crippen molar-refractivity contribution >= 4 is 11.8 Å². The van der Waals surface area contributed by atoms with E-state index in [1.807, 2.05) is 35.2 Å². The van der Waals surface area contributed by atoms with Crippen LogP contribution in [0.5, 0.6) is 0 Å². The molecule has 26 heavy (non-hydrogen) atoms. The first-order valence-corrected chi connectivity index (χ1v) is 9.00. The Bertz CT molecular complexity index is 764. The lowest BCUT2D eigenvalue weighted by Gasteiger charge is -2.22. The second-order valence-corrected chi connectivity index (χ2v) is 6.52. The van der Waals surface area contributed by atoms with Crippen LogP contribution in [-0.2, 0) is 11.2 Å². The van der Waals surface area contributed by atoms with Gasteiger partial charge in [-0.3, -0.25) is 9.59 Å². The topological polar surface area (TPSA) is 40.6 Å². The molecule has 0 saturated carbocycles. The first-order valence-electron chi connectivity index (χ1n) is 9.00. The van der Waals surface area contributed by atoms with Crippen LogP contribution in [0.15, 0.2) is 54.6 Å². The predicted molar refractivity (Wildman–Crippen MR) is 98.3 cm³/mol. The largest absolute Gasteiger partial charge is 0.341 e. The van der Waals surface area contributed by atoms with E-state index in [0.717, 1.165) is 18.4 Å². The van der Waals surface area contributed by atoms with Crippen molar-refractivity contribution in [3.05, 3.63) is 71.5 Å². The number of nitrogens with zero attached hydrogens (tertiary/aromatic N) is 2. The third kappa shape index (κ3) is 4.69. The van der Waals surface area contributed by atoms with Crippen LogP contribution in [-0.4, -0.2) is 47.8 Å². The maximum atomic E-state index is 13.3. The van der Waals surface area contributed by atoms with E-state index in [0.29, 0.717) is 38.2 Å². The van der Waals surface area contributed by atoms with Crippen LogP contribution in [0.4, 0.5) is 4.39 Å². The summed E-state index contributed by atoms with van der Waals surface area (Å²) < 4.78 is 13.3.